The Kier molecular flexibility index (Phi) is 28.1. The molecule has 0 aromatic heterocycles. The molecule has 0 spiro atoms. The van der Waals surface area contributed by atoms with Crippen LogP contribution >= 0.6 is 7.82 Å². The van der Waals surface area contributed by atoms with Gasteiger partial charge in [0.1, 0.15) is 13.2 Å². The first kappa shape index (κ1) is 43.7. The molecular weight excluding hydrogens is 587 g/mol. The molecule has 264 valence electrons. The largest absolute Gasteiger partial charge is 0.756 e. The lowest BCUT2D eigenvalue weighted by Crippen LogP contribution is -2.45. The van der Waals surface area contributed by atoms with Gasteiger partial charge in [-0.05, 0) is 38.5 Å². The lowest BCUT2D eigenvalue weighted by Gasteiger charge is -2.29. The number of unbranched alkanes of at least 4 members (excludes halogenated alkanes) is 15. The van der Waals surface area contributed by atoms with Crippen LogP contribution in [0.5, 0.6) is 0 Å². The molecule has 9 heteroatoms. The van der Waals surface area contributed by atoms with Gasteiger partial charge in [0, 0.05) is 6.42 Å². The minimum Gasteiger partial charge on any atom is -0.756 e. The number of amides is 1. The Morgan fingerprint density at radius 3 is 1.71 bits per heavy atom. The molecule has 0 fully saturated rings. The number of aliphatic hydroxyl groups excluding tert-OH is 1. The Morgan fingerprint density at radius 2 is 1.22 bits per heavy atom. The number of quaternary nitrogens is 1. The maximum absolute atomic E-state index is 12.1. The molecule has 0 saturated carbocycles. The predicted octanol–water partition coefficient (Wildman–Crippen LogP) is 8.16. The van der Waals surface area contributed by atoms with E-state index < -0.39 is 26.6 Å². The molecule has 0 saturated heterocycles. The van der Waals surface area contributed by atoms with Crippen LogP contribution in [0.15, 0.2) is 36.5 Å². The van der Waals surface area contributed by atoms with E-state index in [1.807, 2.05) is 27.2 Å². The van der Waals surface area contributed by atoms with Crippen LogP contribution in [0.1, 0.15) is 136 Å². The molecule has 0 aliphatic carbocycles. The first-order chi connectivity index (χ1) is 21.5. The van der Waals surface area contributed by atoms with Crippen molar-refractivity contribution in [3.05, 3.63) is 36.5 Å². The third-order valence-corrected chi connectivity index (χ3v) is 8.61. The summed E-state index contributed by atoms with van der Waals surface area (Å²) < 4.78 is 22.6. The molecule has 3 atom stereocenters. The van der Waals surface area contributed by atoms with Crippen LogP contribution in [0.4, 0.5) is 0 Å². The normalized spacial score (nSPS) is 15.3. The zero-order chi connectivity index (χ0) is 33.7. The van der Waals surface area contributed by atoms with E-state index in [0.29, 0.717) is 11.0 Å². The number of hydrogen-bond donors (Lipinski definition) is 2. The average Bonchev–Trinajstić information content (AvgIpc) is 2.98. The van der Waals surface area contributed by atoms with Crippen LogP contribution in [0, 0.1) is 0 Å². The summed E-state index contributed by atoms with van der Waals surface area (Å²) in [6, 6.07) is -0.903. The molecule has 45 heavy (non-hydrogen) atoms. The molecular formula is C36H69N2O6P. The average molecular weight is 657 g/mol. The molecule has 0 aliphatic heterocycles. The summed E-state index contributed by atoms with van der Waals surface area (Å²) in [4.78, 5) is 24.0. The van der Waals surface area contributed by atoms with Crippen molar-refractivity contribution >= 4 is 13.7 Å². The lowest BCUT2D eigenvalue weighted by atomic mass is 10.0. The van der Waals surface area contributed by atoms with Crippen molar-refractivity contribution in [2.45, 2.75) is 148 Å². The zero-order valence-corrected chi connectivity index (χ0v) is 30.5. The topological polar surface area (TPSA) is 108 Å². The number of carbonyl (C=O) groups is 1. The standard InChI is InChI=1S/C36H69N2O6P/c1-6-8-9-10-11-12-13-14-15-16-17-18-19-20-21-22-23-24-25-26-27-28-29-30-35(39)34(37-36(40)7-2)33-44-45(41,42)43-32-31-38(3,4)5/h21-22,25-26,29-30,34-35,39H,6-20,23-24,27-28,31-33H2,1-5H3,(H-,37,40,41,42)/b22-21+,26-25+,30-29+. The number of nitrogens with one attached hydrogen (secondary N) is 1. The second kappa shape index (κ2) is 28.9. The number of nitrogens with zero attached hydrogens (tertiary/aromatic N) is 1. The number of phosphoric acid groups is 1. The molecule has 0 rings (SSSR count). The van der Waals surface area contributed by atoms with Crippen LogP contribution in [-0.4, -0.2) is 68.5 Å². The molecule has 3 unspecified atom stereocenters. The van der Waals surface area contributed by atoms with E-state index in [2.05, 4.69) is 36.5 Å². The molecule has 8 nitrogen and oxygen atoms in total. The molecule has 1 amide bonds. The van der Waals surface area contributed by atoms with Gasteiger partial charge in [-0.3, -0.25) is 9.36 Å². The van der Waals surface area contributed by atoms with Crippen LogP contribution in [0.25, 0.3) is 0 Å². The minimum atomic E-state index is -4.55. The van der Waals surface area contributed by atoms with Crippen LogP contribution in [-0.2, 0) is 18.4 Å². The summed E-state index contributed by atoms with van der Waals surface area (Å²) >= 11 is 0. The zero-order valence-electron chi connectivity index (χ0n) is 29.6. The van der Waals surface area contributed by atoms with Gasteiger partial charge in [-0.25, -0.2) is 0 Å². The van der Waals surface area contributed by atoms with Crippen LogP contribution in [0.3, 0.4) is 0 Å². The fraction of sp³-hybridized carbons (Fsp3) is 0.806. The summed E-state index contributed by atoms with van der Waals surface area (Å²) in [6.45, 7) is 4.03. The van der Waals surface area contributed by atoms with Crippen molar-refractivity contribution in [3.8, 4) is 0 Å². The monoisotopic (exact) mass is 656 g/mol. The first-order valence-electron chi connectivity index (χ1n) is 17.9. The molecule has 2 N–H and O–H groups in total. The van der Waals surface area contributed by atoms with Crippen molar-refractivity contribution in [1.29, 1.82) is 0 Å². The highest BCUT2D eigenvalue weighted by Gasteiger charge is 2.22. The molecule has 0 radical (unpaired) electrons. The van der Waals surface area contributed by atoms with Gasteiger partial charge >= 0.3 is 0 Å². The van der Waals surface area contributed by atoms with E-state index >= 15 is 0 Å². The lowest BCUT2D eigenvalue weighted by molar-refractivity contribution is -0.870. The highest BCUT2D eigenvalue weighted by molar-refractivity contribution is 7.45. The van der Waals surface area contributed by atoms with Crippen molar-refractivity contribution in [2.24, 2.45) is 0 Å². The Morgan fingerprint density at radius 1 is 0.756 bits per heavy atom. The molecule has 0 aliphatic rings. The minimum absolute atomic E-state index is 0.0119. The third-order valence-electron chi connectivity index (χ3n) is 7.64. The van der Waals surface area contributed by atoms with Gasteiger partial charge in [-0.2, -0.15) is 0 Å². The summed E-state index contributed by atoms with van der Waals surface area (Å²) in [5, 5.41) is 13.2. The Labute approximate surface area is 276 Å². The number of carbonyl (C=O) groups excluding carboxylic acids is 1. The number of rotatable bonds is 31. The third kappa shape index (κ3) is 31.1. The molecule has 0 aromatic rings. The number of aliphatic hydroxyl groups is 1. The van der Waals surface area contributed by atoms with Crippen molar-refractivity contribution in [2.75, 3.05) is 40.9 Å². The van der Waals surface area contributed by atoms with Gasteiger partial charge in [-0.1, -0.05) is 127 Å². The second-order valence-corrected chi connectivity index (χ2v) is 14.6. The van der Waals surface area contributed by atoms with Gasteiger partial charge in [0.05, 0.1) is 39.9 Å². The number of likely N-dealkylation sites (N-methyl/N-ethyl adjacent to an activating group) is 1. The Balaban J connectivity index is 4.01. The van der Waals surface area contributed by atoms with E-state index in [1.54, 1.807) is 13.0 Å². The summed E-state index contributed by atoms with van der Waals surface area (Å²) in [7, 11) is 1.22. The Bertz CT molecular complexity index is 840. The number of allylic oxidation sites excluding steroid dienone is 5. The maximum atomic E-state index is 12.1. The fourth-order valence-electron chi connectivity index (χ4n) is 4.68. The van der Waals surface area contributed by atoms with E-state index in [1.165, 1.54) is 89.9 Å². The van der Waals surface area contributed by atoms with E-state index in [0.717, 1.165) is 25.7 Å². The highest BCUT2D eigenvalue weighted by Crippen LogP contribution is 2.38. The first-order valence-corrected chi connectivity index (χ1v) is 19.3. The quantitative estimate of drug-likeness (QED) is 0.0337. The summed E-state index contributed by atoms with van der Waals surface area (Å²) in [5.41, 5.74) is 0. The second-order valence-electron chi connectivity index (χ2n) is 13.2. The number of phosphoric ester groups is 1. The van der Waals surface area contributed by atoms with Gasteiger partial charge in [0.15, 0.2) is 0 Å². The van der Waals surface area contributed by atoms with Gasteiger partial charge in [0.25, 0.3) is 7.82 Å². The van der Waals surface area contributed by atoms with E-state index in [4.69, 9.17) is 9.05 Å². The predicted molar refractivity (Wildman–Crippen MR) is 187 cm³/mol. The van der Waals surface area contributed by atoms with Crippen LogP contribution < -0.4 is 10.2 Å². The molecule has 0 bridgehead atoms. The van der Waals surface area contributed by atoms with Gasteiger partial charge in [-0.15, -0.1) is 0 Å². The van der Waals surface area contributed by atoms with Crippen molar-refractivity contribution in [3.63, 3.8) is 0 Å². The Hall–Kier alpha value is -1.28. The van der Waals surface area contributed by atoms with Crippen molar-refractivity contribution < 1.29 is 32.9 Å². The maximum Gasteiger partial charge on any atom is 0.268 e. The summed E-state index contributed by atoms with van der Waals surface area (Å²) in [5.74, 6) is -0.302. The number of hydrogen-bond acceptors (Lipinski definition) is 6. The fourth-order valence-corrected chi connectivity index (χ4v) is 5.40. The van der Waals surface area contributed by atoms with Crippen molar-refractivity contribution in [1.82, 2.24) is 5.32 Å². The van der Waals surface area contributed by atoms with Gasteiger partial charge < -0.3 is 28.8 Å². The highest BCUT2D eigenvalue weighted by atomic mass is 31.2. The summed E-state index contributed by atoms with van der Waals surface area (Å²) in [6.07, 6.45) is 34.3. The van der Waals surface area contributed by atoms with E-state index in [-0.39, 0.29) is 18.9 Å². The van der Waals surface area contributed by atoms with Gasteiger partial charge in [0.2, 0.25) is 5.91 Å². The van der Waals surface area contributed by atoms with Crippen LogP contribution in [0.2, 0.25) is 0 Å². The molecule has 0 heterocycles. The SMILES string of the molecule is CCCCCCCCCCCCCCC/C=C/CC/C=C/CC/C=C/C(O)C(COP(=O)([O-])OCC[N+](C)(C)C)NC(=O)CC. The molecule has 0 aromatic carbocycles. The smallest absolute Gasteiger partial charge is 0.268 e. The van der Waals surface area contributed by atoms with E-state index in [9.17, 15) is 19.4 Å².